The molecule has 1 aliphatic heterocycles. The van der Waals surface area contributed by atoms with Gasteiger partial charge in [0.05, 0.1) is 10.7 Å². The molecule has 0 saturated carbocycles. The van der Waals surface area contributed by atoms with E-state index in [9.17, 15) is 4.79 Å². The van der Waals surface area contributed by atoms with Gasteiger partial charge in [-0.3, -0.25) is 4.79 Å². The summed E-state index contributed by atoms with van der Waals surface area (Å²) in [5.41, 5.74) is 1.65. The molecule has 0 aliphatic carbocycles. The Balaban J connectivity index is 1.99. The van der Waals surface area contributed by atoms with E-state index < -0.39 is 0 Å². The number of halogens is 1. The van der Waals surface area contributed by atoms with Crippen molar-refractivity contribution in [1.82, 2.24) is 4.90 Å². The van der Waals surface area contributed by atoms with Gasteiger partial charge in [-0.25, -0.2) is 0 Å². The van der Waals surface area contributed by atoms with Crippen molar-refractivity contribution in [2.24, 2.45) is 5.92 Å². The van der Waals surface area contributed by atoms with E-state index in [-0.39, 0.29) is 5.91 Å². The van der Waals surface area contributed by atoms with Crippen LogP contribution in [-0.2, 0) is 4.79 Å². The van der Waals surface area contributed by atoms with Gasteiger partial charge in [-0.05, 0) is 57.5 Å². The Morgan fingerprint density at radius 1 is 1.48 bits per heavy atom. The third-order valence-corrected chi connectivity index (χ3v) is 4.35. The Kier molecular flexibility index (Phi) is 5.48. The Bertz CT molecular complexity index is 506. The molecule has 0 radical (unpaired) electrons. The summed E-state index contributed by atoms with van der Waals surface area (Å²) >= 11 is 6.20. The van der Waals surface area contributed by atoms with Crippen LogP contribution in [-0.4, -0.2) is 37.0 Å². The van der Waals surface area contributed by atoms with Crippen LogP contribution in [0.5, 0.6) is 0 Å². The summed E-state index contributed by atoms with van der Waals surface area (Å²) in [5.74, 6) is 0.536. The number of amides is 1. The van der Waals surface area contributed by atoms with Crippen molar-refractivity contribution in [1.29, 1.82) is 0 Å². The lowest BCUT2D eigenvalue weighted by Gasteiger charge is -2.34. The van der Waals surface area contributed by atoms with Gasteiger partial charge in [-0.1, -0.05) is 11.6 Å². The van der Waals surface area contributed by atoms with E-state index in [2.05, 4.69) is 29.5 Å². The highest BCUT2D eigenvalue weighted by molar-refractivity contribution is 6.34. The van der Waals surface area contributed by atoms with E-state index in [0.29, 0.717) is 22.7 Å². The molecule has 2 atom stereocenters. The fourth-order valence-electron chi connectivity index (χ4n) is 2.89. The highest BCUT2D eigenvalue weighted by Crippen LogP contribution is 2.27. The van der Waals surface area contributed by atoms with Crippen molar-refractivity contribution in [3.63, 3.8) is 0 Å². The molecule has 1 fully saturated rings. The predicted octanol–water partition coefficient (Wildman–Crippen LogP) is 3.44. The average Bonchev–Trinajstić information content (AvgIpc) is 2.41. The Hall–Kier alpha value is -1.26. The van der Waals surface area contributed by atoms with Crippen molar-refractivity contribution in [3.8, 4) is 0 Å². The third-order valence-electron chi connectivity index (χ3n) is 4.04. The van der Waals surface area contributed by atoms with Crippen LogP contribution >= 0.6 is 11.6 Å². The van der Waals surface area contributed by atoms with Crippen molar-refractivity contribution >= 4 is 28.9 Å². The van der Waals surface area contributed by atoms with E-state index in [1.807, 2.05) is 18.2 Å². The standard InChI is InChI=1S/C16H24ClN3O/c1-11(13-5-4-8-20(3)10-13)18-14-6-7-16(15(17)9-14)19-12(2)21/h6-7,9,11,13,18H,4-5,8,10H2,1-3H3,(H,19,21). The number of likely N-dealkylation sites (tertiary alicyclic amines) is 1. The van der Waals surface area contributed by atoms with Crippen LogP contribution in [0.15, 0.2) is 18.2 Å². The zero-order valence-electron chi connectivity index (χ0n) is 12.9. The van der Waals surface area contributed by atoms with Crippen LogP contribution in [0.25, 0.3) is 0 Å². The summed E-state index contributed by atoms with van der Waals surface area (Å²) in [7, 11) is 2.18. The first-order valence-corrected chi connectivity index (χ1v) is 7.85. The van der Waals surface area contributed by atoms with Crippen molar-refractivity contribution in [3.05, 3.63) is 23.2 Å². The Morgan fingerprint density at radius 3 is 2.86 bits per heavy atom. The quantitative estimate of drug-likeness (QED) is 0.895. The van der Waals surface area contributed by atoms with Crippen LogP contribution in [0.4, 0.5) is 11.4 Å². The summed E-state index contributed by atoms with van der Waals surface area (Å²) in [6.45, 7) is 6.02. The molecule has 21 heavy (non-hydrogen) atoms. The molecule has 0 bridgehead atoms. The summed E-state index contributed by atoms with van der Waals surface area (Å²) in [5, 5.41) is 6.81. The average molecular weight is 310 g/mol. The van der Waals surface area contributed by atoms with E-state index >= 15 is 0 Å². The zero-order chi connectivity index (χ0) is 15.4. The second-order valence-corrected chi connectivity index (χ2v) is 6.38. The summed E-state index contributed by atoms with van der Waals surface area (Å²) < 4.78 is 0. The first kappa shape index (κ1) is 16.1. The number of hydrogen-bond donors (Lipinski definition) is 2. The SMILES string of the molecule is CC(=O)Nc1ccc(NC(C)C2CCCN(C)C2)cc1Cl. The second kappa shape index (κ2) is 7.14. The van der Waals surface area contributed by atoms with E-state index in [0.717, 1.165) is 12.2 Å². The minimum atomic E-state index is -0.115. The molecule has 116 valence electrons. The monoisotopic (exact) mass is 309 g/mol. The van der Waals surface area contributed by atoms with Crippen molar-refractivity contribution in [2.75, 3.05) is 30.8 Å². The van der Waals surface area contributed by atoms with Crippen molar-refractivity contribution in [2.45, 2.75) is 32.7 Å². The Morgan fingerprint density at radius 2 is 2.24 bits per heavy atom. The van der Waals surface area contributed by atoms with Gasteiger partial charge in [0.1, 0.15) is 0 Å². The van der Waals surface area contributed by atoms with Gasteiger partial charge in [-0.2, -0.15) is 0 Å². The molecule has 0 spiro atoms. The predicted molar refractivity (Wildman–Crippen MR) is 89.1 cm³/mol. The fourth-order valence-corrected chi connectivity index (χ4v) is 3.12. The molecule has 1 saturated heterocycles. The first-order chi connectivity index (χ1) is 9.95. The maximum Gasteiger partial charge on any atom is 0.221 e. The van der Waals surface area contributed by atoms with E-state index in [1.54, 1.807) is 0 Å². The molecule has 1 heterocycles. The van der Waals surface area contributed by atoms with E-state index in [4.69, 9.17) is 11.6 Å². The van der Waals surface area contributed by atoms with Crippen LogP contribution in [0.1, 0.15) is 26.7 Å². The van der Waals surface area contributed by atoms with Crippen LogP contribution in [0.2, 0.25) is 5.02 Å². The van der Waals surface area contributed by atoms with Gasteiger partial charge in [-0.15, -0.1) is 0 Å². The normalized spacial score (nSPS) is 20.9. The topological polar surface area (TPSA) is 44.4 Å². The molecule has 2 rings (SSSR count). The van der Waals surface area contributed by atoms with Crippen LogP contribution < -0.4 is 10.6 Å². The maximum absolute atomic E-state index is 11.1. The highest BCUT2D eigenvalue weighted by atomic mass is 35.5. The zero-order valence-corrected chi connectivity index (χ0v) is 13.7. The van der Waals surface area contributed by atoms with Crippen LogP contribution in [0.3, 0.4) is 0 Å². The molecular weight excluding hydrogens is 286 g/mol. The van der Waals surface area contributed by atoms with Gasteiger partial charge < -0.3 is 15.5 Å². The number of anilines is 2. The molecule has 2 N–H and O–H groups in total. The van der Waals surface area contributed by atoms with Crippen LogP contribution in [0, 0.1) is 5.92 Å². The number of carbonyl (C=O) groups is 1. The van der Waals surface area contributed by atoms with Gasteiger partial charge in [0.15, 0.2) is 0 Å². The molecule has 1 amide bonds. The Labute approximate surface area is 131 Å². The van der Waals surface area contributed by atoms with Crippen molar-refractivity contribution < 1.29 is 4.79 Å². The number of carbonyl (C=O) groups excluding carboxylic acids is 1. The summed E-state index contributed by atoms with van der Waals surface area (Å²) in [6, 6.07) is 6.07. The molecular formula is C16H24ClN3O. The third kappa shape index (κ3) is 4.61. The molecule has 4 nitrogen and oxygen atoms in total. The lowest BCUT2D eigenvalue weighted by molar-refractivity contribution is -0.114. The molecule has 1 aromatic rings. The number of nitrogens with zero attached hydrogens (tertiary/aromatic N) is 1. The smallest absolute Gasteiger partial charge is 0.221 e. The molecule has 5 heteroatoms. The minimum absolute atomic E-state index is 0.115. The highest BCUT2D eigenvalue weighted by Gasteiger charge is 2.22. The van der Waals surface area contributed by atoms with Gasteiger partial charge in [0.2, 0.25) is 5.91 Å². The molecule has 1 aliphatic rings. The summed E-state index contributed by atoms with van der Waals surface area (Å²) in [6.07, 6.45) is 2.52. The molecule has 2 unspecified atom stereocenters. The van der Waals surface area contributed by atoms with Gasteiger partial charge >= 0.3 is 0 Å². The van der Waals surface area contributed by atoms with Gasteiger partial charge in [0.25, 0.3) is 0 Å². The van der Waals surface area contributed by atoms with Gasteiger partial charge in [0, 0.05) is 25.2 Å². The number of rotatable bonds is 4. The summed E-state index contributed by atoms with van der Waals surface area (Å²) in [4.78, 5) is 13.5. The lowest BCUT2D eigenvalue weighted by atomic mass is 9.92. The lowest BCUT2D eigenvalue weighted by Crippen LogP contribution is -2.39. The maximum atomic E-state index is 11.1. The number of nitrogens with one attached hydrogen (secondary N) is 2. The largest absolute Gasteiger partial charge is 0.382 e. The number of benzene rings is 1. The first-order valence-electron chi connectivity index (χ1n) is 7.48. The van der Waals surface area contributed by atoms with E-state index in [1.165, 1.54) is 26.3 Å². The fraction of sp³-hybridized carbons (Fsp3) is 0.562. The second-order valence-electron chi connectivity index (χ2n) is 5.97. The molecule has 0 aromatic heterocycles. The number of piperidine rings is 1. The molecule has 1 aromatic carbocycles. The minimum Gasteiger partial charge on any atom is -0.382 e. The number of hydrogen-bond acceptors (Lipinski definition) is 3.